The first-order chi connectivity index (χ1) is 46.5. The summed E-state index contributed by atoms with van der Waals surface area (Å²) in [5, 5.41) is 7.21. The molecule has 94 heavy (non-hydrogen) atoms. The summed E-state index contributed by atoms with van der Waals surface area (Å²) in [5.74, 6) is 3.11. The summed E-state index contributed by atoms with van der Waals surface area (Å²) < 4.78 is 9.51. The zero-order valence-corrected chi connectivity index (χ0v) is 51.2. The van der Waals surface area contributed by atoms with Crippen molar-refractivity contribution >= 4 is 77.0 Å². The standard InChI is InChI=1S/C85H57N9/c1-54-77-78(57-20-6-2-7-21-57)86-84(60-26-12-5-13-27-60)90-85(54,77)62-29-19-31-66(53-62)92-51-49-72-74(92)47-45-70-68-33-15-17-35-76(68)94(80(70)72)64-42-38-56(39-43-64)55-36-40-63(41-37-55)93-75-34-16-14-32-67(75)69-44-46-73-71(79(69)93)48-50-91(73)65-30-18-28-61(52-65)83-88-81(58-22-8-3-9-23-58)87-82(89-83)59-24-10-4-11-25-59/h2-54,77H,1H3. The summed E-state index contributed by atoms with van der Waals surface area (Å²) in [5.41, 5.74) is 20.4. The van der Waals surface area contributed by atoms with E-state index in [9.17, 15) is 0 Å². The van der Waals surface area contributed by atoms with Crippen LogP contribution < -0.4 is 0 Å². The minimum atomic E-state index is -0.432. The lowest BCUT2D eigenvalue weighted by Crippen LogP contribution is -2.23. The molecule has 17 aromatic rings. The van der Waals surface area contributed by atoms with Gasteiger partial charge in [-0.1, -0.05) is 225 Å². The van der Waals surface area contributed by atoms with Crippen LogP contribution in [0.1, 0.15) is 23.6 Å². The molecule has 3 unspecified atom stereocenters. The Morgan fingerprint density at radius 3 is 1.27 bits per heavy atom. The average Bonchev–Trinajstić information content (AvgIpc) is 1.51. The van der Waals surface area contributed by atoms with Crippen molar-refractivity contribution in [2.75, 3.05) is 0 Å². The van der Waals surface area contributed by atoms with E-state index in [1.54, 1.807) is 0 Å². The second-order valence-corrected chi connectivity index (χ2v) is 24.9. The highest BCUT2D eigenvalue weighted by Gasteiger charge is 2.67. The van der Waals surface area contributed by atoms with Crippen molar-refractivity contribution in [2.45, 2.75) is 12.5 Å². The van der Waals surface area contributed by atoms with Crippen molar-refractivity contribution in [3.05, 3.63) is 332 Å². The molecule has 0 spiro atoms. The first kappa shape index (κ1) is 53.5. The van der Waals surface area contributed by atoms with E-state index in [2.05, 4.69) is 280 Å². The van der Waals surface area contributed by atoms with Gasteiger partial charge in [0, 0.05) is 95.6 Å². The summed E-state index contributed by atoms with van der Waals surface area (Å²) >= 11 is 0. The van der Waals surface area contributed by atoms with Crippen LogP contribution in [0.3, 0.4) is 0 Å². The molecule has 0 amide bonds. The number of benzene rings is 12. The minimum Gasteiger partial charge on any atom is -0.316 e. The third-order valence-corrected chi connectivity index (χ3v) is 19.7. The Hall–Kier alpha value is -12.3. The fraction of sp³-hybridized carbons (Fsp3) is 0.0471. The Bertz CT molecular complexity index is 5860. The van der Waals surface area contributed by atoms with E-state index in [-0.39, 0.29) is 11.8 Å². The normalized spacial score (nSPS) is 16.1. The zero-order valence-electron chi connectivity index (χ0n) is 51.2. The quantitative estimate of drug-likeness (QED) is 0.129. The molecule has 1 aliphatic carbocycles. The number of nitrogens with zero attached hydrogens (tertiary/aromatic N) is 9. The van der Waals surface area contributed by atoms with Crippen LogP contribution in [0.2, 0.25) is 0 Å². The zero-order chi connectivity index (χ0) is 62.0. The van der Waals surface area contributed by atoms with Gasteiger partial charge in [0.15, 0.2) is 23.3 Å². The van der Waals surface area contributed by atoms with Gasteiger partial charge >= 0.3 is 0 Å². The van der Waals surface area contributed by atoms with Crippen molar-refractivity contribution in [3.63, 3.8) is 0 Å². The van der Waals surface area contributed by atoms with Crippen LogP contribution in [-0.2, 0) is 5.54 Å². The Balaban J connectivity index is 0.655. The van der Waals surface area contributed by atoms with Crippen LogP contribution in [0.5, 0.6) is 0 Å². The van der Waals surface area contributed by atoms with Crippen molar-refractivity contribution < 1.29 is 0 Å². The molecule has 3 atom stereocenters. The number of para-hydroxylation sites is 2. The van der Waals surface area contributed by atoms with Gasteiger partial charge in [0.05, 0.1) is 38.8 Å². The minimum absolute atomic E-state index is 0.164. The van der Waals surface area contributed by atoms with Crippen LogP contribution in [0, 0.1) is 11.8 Å². The molecule has 0 saturated heterocycles. The molecular formula is C85H57N9. The van der Waals surface area contributed by atoms with Gasteiger partial charge in [-0.05, 0) is 113 Å². The lowest BCUT2D eigenvalue weighted by molar-refractivity contribution is 0.655. The monoisotopic (exact) mass is 1200 g/mol. The van der Waals surface area contributed by atoms with Crippen molar-refractivity contribution in [3.8, 4) is 68.0 Å². The van der Waals surface area contributed by atoms with Crippen LogP contribution >= 0.6 is 0 Å². The van der Waals surface area contributed by atoms with Gasteiger partial charge in [-0.3, -0.25) is 4.99 Å². The molecule has 1 saturated carbocycles. The first-order valence-electron chi connectivity index (χ1n) is 32.2. The van der Waals surface area contributed by atoms with Gasteiger partial charge in [0.25, 0.3) is 0 Å². The van der Waals surface area contributed by atoms with Gasteiger partial charge in [-0.2, -0.15) is 0 Å². The van der Waals surface area contributed by atoms with Crippen LogP contribution in [0.4, 0.5) is 0 Å². The number of aromatic nitrogens is 7. The molecule has 19 rings (SSSR count). The maximum atomic E-state index is 5.59. The molecule has 9 heteroatoms. The Labute approximate surface area is 541 Å². The Kier molecular flexibility index (Phi) is 12.0. The van der Waals surface area contributed by atoms with E-state index in [1.807, 2.05) is 60.7 Å². The molecular weight excluding hydrogens is 1150 g/mol. The van der Waals surface area contributed by atoms with Gasteiger partial charge in [0.1, 0.15) is 5.54 Å². The molecule has 1 aliphatic heterocycles. The number of fused-ring (bicyclic) bond motifs is 11. The second kappa shape index (κ2) is 21.1. The first-order valence-corrected chi connectivity index (χ1v) is 32.2. The van der Waals surface area contributed by atoms with Crippen LogP contribution in [0.15, 0.2) is 326 Å². The maximum Gasteiger partial charge on any atom is 0.164 e. The molecule has 9 nitrogen and oxygen atoms in total. The lowest BCUT2D eigenvalue weighted by atomic mass is 9.95. The summed E-state index contributed by atoms with van der Waals surface area (Å²) in [7, 11) is 0. The summed E-state index contributed by atoms with van der Waals surface area (Å²) in [6.07, 6.45) is 4.42. The van der Waals surface area contributed by atoms with Crippen LogP contribution in [-0.4, -0.2) is 44.8 Å². The molecule has 442 valence electrons. The van der Waals surface area contributed by atoms with Gasteiger partial charge in [0.2, 0.25) is 0 Å². The maximum absolute atomic E-state index is 5.59. The average molecular weight is 1200 g/mol. The number of hydrogen-bond acceptors (Lipinski definition) is 5. The van der Waals surface area contributed by atoms with E-state index >= 15 is 0 Å². The lowest BCUT2D eigenvalue weighted by Gasteiger charge is -2.22. The van der Waals surface area contributed by atoms with Crippen molar-refractivity contribution in [2.24, 2.45) is 21.8 Å². The molecule has 0 bridgehead atoms. The summed E-state index contributed by atoms with van der Waals surface area (Å²) in [4.78, 5) is 26.0. The molecule has 12 aromatic carbocycles. The smallest absolute Gasteiger partial charge is 0.164 e. The van der Waals surface area contributed by atoms with E-state index in [1.165, 1.54) is 43.5 Å². The number of aliphatic imine (C=N–C) groups is 2. The highest BCUT2D eigenvalue weighted by atomic mass is 15.1. The Morgan fingerprint density at radius 1 is 0.309 bits per heavy atom. The van der Waals surface area contributed by atoms with E-state index in [0.717, 1.165) is 101 Å². The molecule has 5 aromatic heterocycles. The summed E-state index contributed by atoms with van der Waals surface area (Å²) in [6.45, 7) is 2.34. The number of amidine groups is 1. The fourth-order valence-electron chi connectivity index (χ4n) is 15.2. The third kappa shape index (κ3) is 8.37. The molecule has 1 fully saturated rings. The number of rotatable bonds is 11. The van der Waals surface area contributed by atoms with Crippen molar-refractivity contribution in [1.29, 1.82) is 0 Å². The SMILES string of the molecule is CC1C2C(c3ccccc3)=NC(c3ccccc3)=NC12c1cccc(-n2ccc3c2ccc2c4ccccc4n(-c4ccc(-c5ccc(-n6c7ccccc7c7ccc8c(ccn8-c8cccc(-c9nc(-c%10ccccc%10)nc(-c%10ccccc%10)n9)c8)c76)cc5)cc4)c23)c1. The van der Waals surface area contributed by atoms with Gasteiger partial charge in [-0.25, -0.2) is 19.9 Å². The number of hydrogen-bond donors (Lipinski definition) is 0. The summed E-state index contributed by atoms with van der Waals surface area (Å²) in [6, 6.07) is 108. The Morgan fingerprint density at radius 2 is 0.745 bits per heavy atom. The van der Waals surface area contributed by atoms with Crippen LogP contribution in [0.25, 0.3) is 133 Å². The molecule has 0 radical (unpaired) electrons. The van der Waals surface area contributed by atoms with Gasteiger partial charge < -0.3 is 18.3 Å². The second-order valence-electron chi connectivity index (χ2n) is 24.9. The molecule has 2 aliphatic rings. The predicted octanol–water partition coefficient (Wildman–Crippen LogP) is 20.0. The van der Waals surface area contributed by atoms with Gasteiger partial charge in [-0.15, -0.1) is 0 Å². The van der Waals surface area contributed by atoms with E-state index in [0.29, 0.717) is 17.5 Å². The molecule has 0 N–H and O–H groups in total. The van der Waals surface area contributed by atoms with E-state index in [4.69, 9.17) is 24.9 Å². The third-order valence-electron chi connectivity index (χ3n) is 19.7. The van der Waals surface area contributed by atoms with E-state index < -0.39 is 5.54 Å². The topological polar surface area (TPSA) is 83.1 Å². The molecule has 6 heterocycles. The van der Waals surface area contributed by atoms with Crippen molar-refractivity contribution in [1.82, 2.24) is 33.2 Å². The largest absolute Gasteiger partial charge is 0.316 e. The highest BCUT2D eigenvalue weighted by Crippen LogP contribution is 2.64. The fourth-order valence-corrected chi connectivity index (χ4v) is 15.2. The highest BCUT2D eigenvalue weighted by molar-refractivity contribution is 6.20. The predicted molar refractivity (Wildman–Crippen MR) is 384 cm³/mol.